The molecule has 0 spiro atoms. The molecule has 4 aromatic carbocycles. The van der Waals surface area contributed by atoms with Crippen LogP contribution in [0.4, 0.5) is 0 Å². The van der Waals surface area contributed by atoms with Crippen molar-refractivity contribution >= 4 is 23.2 Å². The number of rotatable bonds is 9. The predicted octanol–water partition coefficient (Wildman–Crippen LogP) is 4.90. The molecule has 0 amide bonds. The monoisotopic (exact) mass is 444 g/mol. The van der Waals surface area contributed by atoms with Crippen LogP contribution in [-0.4, -0.2) is 25.0 Å². The zero-order valence-electron chi connectivity index (χ0n) is 18.3. The molecule has 4 rings (SSSR count). The molecule has 0 radical (unpaired) electrons. The average molecular weight is 445 g/mol. The third-order valence-electron chi connectivity index (χ3n) is 5.92. The second-order valence-corrected chi connectivity index (χ2v) is 11.8. The topological polar surface area (TPSA) is 38.7 Å². The summed E-state index contributed by atoms with van der Waals surface area (Å²) in [5, 5.41) is 14.3. The predicted molar refractivity (Wildman–Crippen MR) is 136 cm³/mol. The van der Waals surface area contributed by atoms with Crippen LogP contribution in [0.25, 0.3) is 0 Å². The van der Waals surface area contributed by atoms with E-state index in [1.54, 1.807) is 25.3 Å². The van der Waals surface area contributed by atoms with Crippen molar-refractivity contribution in [2.75, 3.05) is 19.9 Å². The molecule has 0 aliphatic rings. The van der Waals surface area contributed by atoms with Crippen molar-refractivity contribution in [2.45, 2.75) is 6.42 Å². The number of methoxy groups -OCH3 is 1. The number of phenolic OH excluding ortho intramolecular Hbond substituents is 1. The van der Waals surface area contributed by atoms with Crippen molar-refractivity contribution < 1.29 is 14.6 Å². The number of aromatic hydroxyl groups is 1. The minimum absolute atomic E-state index is 0.128. The van der Waals surface area contributed by atoms with E-state index < -0.39 is 7.26 Å². The van der Waals surface area contributed by atoms with E-state index in [4.69, 9.17) is 9.47 Å². The first kappa shape index (κ1) is 21.9. The van der Waals surface area contributed by atoms with Gasteiger partial charge in [0.1, 0.15) is 0 Å². The molecule has 0 aromatic heterocycles. The van der Waals surface area contributed by atoms with Gasteiger partial charge in [-0.2, -0.15) is 0 Å². The second kappa shape index (κ2) is 10.3. The van der Waals surface area contributed by atoms with Gasteiger partial charge in [0.15, 0.2) is 0 Å². The van der Waals surface area contributed by atoms with Crippen LogP contribution in [0.1, 0.15) is 6.42 Å². The summed E-state index contributed by atoms with van der Waals surface area (Å²) in [4.78, 5) is 0. The standard InChI is InChI=1S/C28H29O3P/c1-30-23-18-19-27(29)28(22-23)31-20-11-21-32(24-12-5-2-6-13-24,25-14-7-3-8-15-25)26-16-9-4-10-17-26/h2-10,12-19,22,29,32H,11,20-21H2,1H3. The summed E-state index contributed by atoms with van der Waals surface area (Å²) in [5.74, 6) is 1.25. The first-order valence-corrected chi connectivity index (χ1v) is 13.1. The van der Waals surface area contributed by atoms with E-state index in [0.717, 1.165) is 12.6 Å². The van der Waals surface area contributed by atoms with E-state index in [0.29, 0.717) is 18.1 Å². The molecule has 0 heterocycles. The zero-order chi connectivity index (χ0) is 22.2. The van der Waals surface area contributed by atoms with Crippen LogP contribution in [0.2, 0.25) is 0 Å². The van der Waals surface area contributed by atoms with Gasteiger partial charge in [-0.1, -0.05) is 0 Å². The van der Waals surface area contributed by atoms with Crippen LogP contribution in [0.3, 0.4) is 0 Å². The molecule has 0 saturated carbocycles. The summed E-state index contributed by atoms with van der Waals surface area (Å²) in [7, 11) is -0.654. The van der Waals surface area contributed by atoms with Crippen LogP contribution in [0.5, 0.6) is 17.2 Å². The van der Waals surface area contributed by atoms with Crippen molar-refractivity contribution in [3.63, 3.8) is 0 Å². The molecule has 0 atom stereocenters. The summed E-state index contributed by atoms with van der Waals surface area (Å²) >= 11 is 0. The molecule has 1 N–H and O–H groups in total. The van der Waals surface area contributed by atoms with Gasteiger partial charge in [-0.15, -0.1) is 0 Å². The van der Waals surface area contributed by atoms with Crippen LogP contribution >= 0.6 is 7.26 Å². The fourth-order valence-corrected chi connectivity index (χ4v) is 9.18. The number of hydrogen-bond donors (Lipinski definition) is 1. The normalized spacial score (nSPS) is 11.7. The van der Waals surface area contributed by atoms with Gasteiger partial charge in [-0.25, -0.2) is 0 Å². The van der Waals surface area contributed by atoms with Crippen LogP contribution < -0.4 is 25.4 Å². The third kappa shape index (κ3) is 4.64. The van der Waals surface area contributed by atoms with Gasteiger partial charge in [0, 0.05) is 0 Å². The van der Waals surface area contributed by atoms with Crippen molar-refractivity contribution in [3.05, 3.63) is 109 Å². The van der Waals surface area contributed by atoms with E-state index in [1.807, 2.05) is 0 Å². The quantitative estimate of drug-likeness (QED) is 0.295. The van der Waals surface area contributed by atoms with Crippen molar-refractivity contribution in [1.82, 2.24) is 0 Å². The van der Waals surface area contributed by atoms with Crippen LogP contribution in [-0.2, 0) is 0 Å². The average Bonchev–Trinajstić information content (AvgIpc) is 2.87. The van der Waals surface area contributed by atoms with E-state index in [1.165, 1.54) is 15.9 Å². The van der Waals surface area contributed by atoms with E-state index in [2.05, 4.69) is 91.0 Å². The molecule has 4 heteroatoms. The molecular weight excluding hydrogens is 415 g/mol. The SMILES string of the molecule is COc1ccc(O)c(OCCC[PH](c2ccccc2)(c2ccccc2)c2ccccc2)c1. The zero-order valence-corrected chi connectivity index (χ0v) is 19.3. The Hall–Kier alpha value is -3.29. The van der Waals surface area contributed by atoms with E-state index >= 15 is 0 Å². The van der Waals surface area contributed by atoms with Gasteiger partial charge in [-0.3, -0.25) is 0 Å². The summed E-state index contributed by atoms with van der Waals surface area (Å²) < 4.78 is 11.2. The molecule has 0 aliphatic carbocycles. The molecule has 0 saturated heterocycles. The number of benzene rings is 4. The summed E-state index contributed by atoms with van der Waals surface area (Å²) in [6.45, 7) is 0.516. The van der Waals surface area contributed by atoms with Gasteiger partial charge in [0.05, 0.1) is 0 Å². The Labute approximate surface area is 190 Å². The minimum atomic E-state index is -2.26. The molecule has 0 bridgehead atoms. The molecular formula is C28H29O3P. The van der Waals surface area contributed by atoms with Crippen LogP contribution in [0, 0.1) is 0 Å². The Morgan fingerprint density at radius 1 is 0.688 bits per heavy atom. The Bertz CT molecular complexity index is 1020. The fraction of sp³-hybridized carbons (Fsp3) is 0.143. The Morgan fingerprint density at radius 2 is 1.19 bits per heavy atom. The van der Waals surface area contributed by atoms with Gasteiger partial charge in [-0.05, 0) is 0 Å². The summed E-state index contributed by atoms with van der Waals surface area (Å²) in [6, 6.07) is 37.7. The molecule has 4 aromatic rings. The molecule has 0 unspecified atom stereocenters. The summed E-state index contributed by atoms with van der Waals surface area (Å²) in [5.41, 5.74) is 0. The van der Waals surface area contributed by atoms with Crippen molar-refractivity contribution in [3.8, 4) is 17.2 Å². The van der Waals surface area contributed by atoms with Gasteiger partial charge in [0.25, 0.3) is 0 Å². The molecule has 0 aliphatic heterocycles. The maximum atomic E-state index is 10.2. The summed E-state index contributed by atoms with van der Waals surface area (Å²) in [6.07, 6.45) is 1.86. The van der Waals surface area contributed by atoms with Gasteiger partial charge >= 0.3 is 190 Å². The molecule has 3 nitrogen and oxygen atoms in total. The number of hydrogen-bond acceptors (Lipinski definition) is 3. The molecule has 32 heavy (non-hydrogen) atoms. The van der Waals surface area contributed by atoms with E-state index in [9.17, 15) is 5.11 Å². The second-order valence-electron chi connectivity index (χ2n) is 7.79. The van der Waals surface area contributed by atoms with Crippen LogP contribution in [0.15, 0.2) is 109 Å². The number of phenols is 1. The first-order chi connectivity index (χ1) is 15.7. The third-order valence-corrected chi connectivity index (χ3v) is 11.0. The molecule has 164 valence electrons. The maximum absolute atomic E-state index is 10.2. The Morgan fingerprint density at radius 3 is 1.66 bits per heavy atom. The van der Waals surface area contributed by atoms with E-state index in [-0.39, 0.29) is 5.75 Å². The van der Waals surface area contributed by atoms with Crippen molar-refractivity contribution in [2.24, 2.45) is 0 Å². The molecule has 0 fully saturated rings. The Kier molecular flexibility index (Phi) is 7.09. The van der Waals surface area contributed by atoms with Gasteiger partial charge in [0.2, 0.25) is 0 Å². The van der Waals surface area contributed by atoms with Gasteiger partial charge < -0.3 is 0 Å². The van der Waals surface area contributed by atoms with Crippen molar-refractivity contribution in [1.29, 1.82) is 0 Å². The number of ether oxygens (including phenoxy) is 2. The Balaban J connectivity index is 1.66. The first-order valence-electron chi connectivity index (χ1n) is 10.9. The fourth-order valence-electron chi connectivity index (χ4n) is 4.36.